The van der Waals surface area contributed by atoms with Crippen LogP contribution in [-0.4, -0.2) is 30.0 Å². The highest BCUT2D eigenvalue weighted by Gasteiger charge is 2.25. The van der Waals surface area contributed by atoms with Crippen molar-refractivity contribution in [2.24, 2.45) is 5.92 Å². The van der Waals surface area contributed by atoms with E-state index in [-0.39, 0.29) is 17.0 Å². The Morgan fingerprint density at radius 1 is 1.33 bits per heavy atom. The molecule has 98 valence electrons. The molecule has 18 heavy (non-hydrogen) atoms. The largest absolute Gasteiger partial charge is 0.467 e. The number of aromatic nitrogens is 1. The summed E-state index contributed by atoms with van der Waals surface area (Å²) >= 11 is 0. The van der Waals surface area contributed by atoms with Crippen LogP contribution in [0.15, 0.2) is 23.1 Å². The van der Waals surface area contributed by atoms with Gasteiger partial charge in [0.15, 0.2) is 0 Å². The molecule has 0 bridgehead atoms. The number of pyridine rings is 1. The molecule has 1 aromatic heterocycles. The fraction of sp³-hybridized carbons (Fsp3) is 0.417. The van der Waals surface area contributed by atoms with Crippen molar-refractivity contribution in [3.8, 4) is 0 Å². The van der Waals surface area contributed by atoms with Crippen molar-refractivity contribution in [2.45, 2.75) is 19.9 Å². The smallest absolute Gasteiger partial charge is 0.328 e. The van der Waals surface area contributed by atoms with Gasteiger partial charge in [0.05, 0.1) is 12.7 Å². The molecule has 6 heteroatoms. The summed E-state index contributed by atoms with van der Waals surface area (Å²) in [6.45, 7) is 3.60. The van der Waals surface area contributed by atoms with Crippen molar-refractivity contribution in [3.05, 3.63) is 34.2 Å². The fourth-order valence-corrected chi connectivity index (χ4v) is 1.40. The van der Waals surface area contributed by atoms with E-state index in [1.54, 1.807) is 13.8 Å². The van der Waals surface area contributed by atoms with Gasteiger partial charge in [-0.15, -0.1) is 0 Å². The molecule has 0 aliphatic rings. The summed E-state index contributed by atoms with van der Waals surface area (Å²) in [5.74, 6) is -1.03. The van der Waals surface area contributed by atoms with Crippen LogP contribution in [0.2, 0.25) is 0 Å². The van der Waals surface area contributed by atoms with Crippen molar-refractivity contribution in [3.63, 3.8) is 0 Å². The number of hydrogen-bond donors (Lipinski definition) is 2. The molecule has 0 radical (unpaired) electrons. The number of rotatable bonds is 4. The normalized spacial score (nSPS) is 12.0. The number of amides is 1. The highest BCUT2D eigenvalue weighted by molar-refractivity contribution is 5.96. The topological polar surface area (TPSA) is 88.3 Å². The summed E-state index contributed by atoms with van der Waals surface area (Å²) in [5, 5.41) is 2.57. The van der Waals surface area contributed by atoms with E-state index >= 15 is 0 Å². The van der Waals surface area contributed by atoms with Gasteiger partial charge in [0.1, 0.15) is 6.04 Å². The number of H-pyrrole nitrogens is 1. The van der Waals surface area contributed by atoms with E-state index in [0.717, 1.165) is 0 Å². The first-order valence-electron chi connectivity index (χ1n) is 5.53. The second-order valence-corrected chi connectivity index (χ2v) is 4.16. The standard InChI is InChI=1S/C12H16N2O4/c1-7(2)10(12(17)18-3)14-11(16)8-4-5-9(15)13-6-8/h4-7,10H,1-3H3,(H,13,15)(H,14,16)/t10-/m0/s1. The second kappa shape index (κ2) is 6.00. The van der Waals surface area contributed by atoms with Gasteiger partial charge in [-0.1, -0.05) is 13.8 Å². The van der Waals surface area contributed by atoms with Gasteiger partial charge in [0, 0.05) is 12.3 Å². The van der Waals surface area contributed by atoms with E-state index in [1.165, 1.54) is 25.4 Å². The Bertz CT molecular complexity index is 473. The summed E-state index contributed by atoms with van der Waals surface area (Å²) in [5.41, 5.74) is -0.0101. The molecule has 0 aromatic carbocycles. The molecule has 0 spiro atoms. The summed E-state index contributed by atoms with van der Waals surface area (Å²) in [6, 6.07) is 1.93. The molecular weight excluding hydrogens is 236 g/mol. The average Bonchev–Trinajstić information content (AvgIpc) is 2.35. The van der Waals surface area contributed by atoms with Crippen LogP contribution >= 0.6 is 0 Å². The van der Waals surface area contributed by atoms with Crippen LogP contribution in [-0.2, 0) is 9.53 Å². The summed E-state index contributed by atoms with van der Waals surface area (Å²) in [6.07, 6.45) is 1.30. The second-order valence-electron chi connectivity index (χ2n) is 4.16. The van der Waals surface area contributed by atoms with Gasteiger partial charge in [-0.05, 0) is 12.0 Å². The lowest BCUT2D eigenvalue weighted by atomic mass is 10.0. The molecule has 0 saturated heterocycles. The molecule has 0 aliphatic carbocycles. The maximum atomic E-state index is 11.9. The SMILES string of the molecule is COC(=O)[C@@H](NC(=O)c1ccc(=O)[nH]c1)C(C)C. The van der Waals surface area contributed by atoms with E-state index < -0.39 is 17.9 Å². The van der Waals surface area contributed by atoms with Crippen LogP contribution in [0.5, 0.6) is 0 Å². The van der Waals surface area contributed by atoms with Crippen LogP contribution in [0.1, 0.15) is 24.2 Å². The molecule has 1 heterocycles. The van der Waals surface area contributed by atoms with Crippen LogP contribution in [0.25, 0.3) is 0 Å². The van der Waals surface area contributed by atoms with Gasteiger partial charge in [-0.3, -0.25) is 9.59 Å². The molecule has 1 rings (SSSR count). The summed E-state index contributed by atoms with van der Waals surface area (Å²) in [4.78, 5) is 36.6. The molecular formula is C12H16N2O4. The Balaban J connectivity index is 2.81. The number of carbonyl (C=O) groups excluding carboxylic acids is 2. The summed E-state index contributed by atoms with van der Waals surface area (Å²) in [7, 11) is 1.27. The fourth-order valence-electron chi connectivity index (χ4n) is 1.40. The van der Waals surface area contributed by atoms with E-state index in [4.69, 9.17) is 0 Å². The number of aromatic amines is 1. The quantitative estimate of drug-likeness (QED) is 0.754. The number of ether oxygens (including phenoxy) is 1. The number of nitrogens with one attached hydrogen (secondary N) is 2. The van der Waals surface area contributed by atoms with E-state index in [9.17, 15) is 14.4 Å². The molecule has 0 fully saturated rings. The molecule has 1 amide bonds. The minimum atomic E-state index is -0.713. The number of hydrogen-bond acceptors (Lipinski definition) is 4. The maximum Gasteiger partial charge on any atom is 0.328 e. The van der Waals surface area contributed by atoms with Gasteiger partial charge in [0.2, 0.25) is 5.56 Å². The van der Waals surface area contributed by atoms with Crippen molar-refractivity contribution in [1.29, 1.82) is 0 Å². The third-order valence-corrected chi connectivity index (χ3v) is 2.45. The first-order valence-corrected chi connectivity index (χ1v) is 5.53. The van der Waals surface area contributed by atoms with E-state index in [1.807, 2.05) is 0 Å². The first kappa shape index (κ1) is 14.0. The number of esters is 1. The Labute approximate surface area is 104 Å². The molecule has 2 N–H and O–H groups in total. The van der Waals surface area contributed by atoms with Gasteiger partial charge in [-0.2, -0.15) is 0 Å². The first-order chi connectivity index (χ1) is 8.45. The minimum Gasteiger partial charge on any atom is -0.467 e. The zero-order chi connectivity index (χ0) is 13.7. The third kappa shape index (κ3) is 3.44. The lowest BCUT2D eigenvalue weighted by molar-refractivity contribution is -0.144. The van der Waals surface area contributed by atoms with Crippen molar-refractivity contribution >= 4 is 11.9 Å². The number of carbonyl (C=O) groups is 2. The molecule has 0 unspecified atom stereocenters. The Morgan fingerprint density at radius 3 is 2.44 bits per heavy atom. The third-order valence-electron chi connectivity index (χ3n) is 2.45. The highest BCUT2D eigenvalue weighted by Crippen LogP contribution is 2.05. The Kier molecular flexibility index (Phi) is 4.65. The molecule has 1 aromatic rings. The van der Waals surface area contributed by atoms with Crippen molar-refractivity contribution < 1.29 is 14.3 Å². The lowest BCUT2D eigenvalue weighted by Gasteiger charge is -2.19. The van der Waals surface area contributed by atoms with E-state index in [2.05, 4.69) is 15.0 Å². The van der Waals surface area contributed by atoms with Crippen LogP contribution in [0.4, 0.5) is 0 Å². The maximum absolute atomic E-state index is 11.9. The predicted octanol–water partition coefficient (Wildman–Crippen LogP) is 0.302. The Hall–Kier alpha value is -2.11. The lowest BCUT2D eigenvalue weighted by Crippen LogP contribution is -2.45. The number of methoxy groups -OCH3 is 1. The van der Waals surface area contributed by atoms with E-state index in [0.29, 0.717) is 0 Å². The zero-order valence-electron chi connectivity index (χ0n) is 10.5. The Morgan fingerprint density at radius 2 is 2.00 bits per heavy atom. The summed E-state index contributed by atoms with van der Waals surface area (Å²) < 4.78 is 4.62. The van der Waals surface area contributed by atoms with Crippen molar-refractivity contribution in [2.75, 3.05) is 7.11 Å². The van der Waals surface area contributed by atoms with Crippen molar-refractivity contribution in [1.82, 2.24) is 10.3 Å². The minimum absolute atomic E-state index is 0.0934. The zero-order valence-corrected chi connectivity index (χ0v) is 10.5. The highest BCUT2D eigenvalue weighted by atomic mass is 16.5. The molecule has 0 saturated carbocycles. The van der Waals surface area contributed by atoms with Gasteiger partial charge in [0.25, 0.3) is 5.91 Å². The predicted molar refractivity (Wildman–Crippen MR) is 65.2 cm³/mol. The van der Waals surface area contributed by atoms with Gasteiger partial charge >= 0.3 is 5.97 Å². The molecule has 6 nitrogen and oxygen atoms in total. The molecule has 1 atom stereocenters. The van der Waals surface area contributed by atoms with Gasteiger partial charge < -0.3 is 15.0 Å². The average molecular weight is 252 g/mol. The monoisotopic (exact) mass is 252 g/mol. The van der Waals surface area contributed by atoms with Crippen LogP contribution in [0.3, 0.4) is 0 Å². The molecule has 0 aliphatic heterocycles. The van der Waals surface area contributed by atoms with Gasteiger partial charge in [-0.25, -0.2) is 4.79 Å². The van der Waals surface area contributed by atoms with Crippen LogP contribution < -0.4 is 10.9 Å². The van der Waals surface area contributed by atoms with Crippen LogP contribution in [0, 0.1) is 5.92 Å².